The Kier molecular flexibility index (Phi) is 7.49. The second kappa shape index (κ2) is 8.92. The third-order valence-electron chi connectivity index (χ3n) is 2.30. The number of allylic oxidation sites excluding steroid dienone is 4. The van der Waals surface area contributed by atoms with Gasteiger partial charge in [0, 0.05) is 30.5 Å². The van der Waals surface area contributed by atoms with Gasteiger partial charge in [0.15, 0.2) is 12.0 Å². The van der Waals surface area contributed by atoms with Gasteiger partial charge in [0.2, 0.25) is 0 Å². The van der Waals surface area contributed by atoms with Crippen LogP contribution < -0.4 is 5.16 Å². The predicted molar refractivity (Wildman–Crippen MR) is 77.3 cm³/mol. The average molecular weight is 329 g/mol. The van der Waals surface area contributed by atoms with Crippen molar-refractivity contribution >= 4 is 21.6 Å². The largest absolute Gasteiger partial charge is 0.356 e. The van der Waals surface area contributed by atoms with Crippen molar-refractivity contribution in [2.75, 3.05) is 13.7 Å². The molecule has 0 amide bonds. The Morgan fingerprint density at radius 3 is 2.95 bits per heavy atom. The maximum absolute atomic E-state index is 5.48. The monoisotopic (exact) mass is 328 g/mol. The van der Waals surface area contributed by atoms with Gasteiger partial charge in [-0.25, -0.2) is 4.84 Å². The number of hydrogen-bond acceptors (Lipinski definition) is 3. The van der Waals surface area contributed by atoms with Gasteiger partial charge in [0.25, 0.3) is 5.71 Å². The second-order valence-corrected chi connectivity index (χ2v) is 4.88. The van der Waals surface area contributed by atoms with Gasteiger partial charge in [-0.05, 0) is 17.7 Å². The van der Waals surface area contributed by atoms with E-state index in [1.807, 2.05) is 19.1 Å². The minimum Gasteiger partial charge on any atom is -0.356 e. The first-order valence-corrected chi connectivity index (χ1v) is 6.93. The smallest absolute Gasteiger partial charge is 0.300 e. The van der Waals surface area contributed by atoms with Crippen molar-refractivity contribution in [3.8, 4) is 11.8 Å². The topological polar surface area (TPSA) is 41.7 Å². The highest BCUT2D eigenvalue weighted by Gasteiger charge is 2.07. The van der Waals surface area contributed by atoms with Crippen molar-refractivity contribution in [1.29, 1.82) is 0 Å². The predicted octanol–water partition coefficient (Wildman–Crippen LogP) is 1.43. The fourth-order valence-corrected chi connectivity index (χ4v) is 1.95. The van der Waals surface area contributed by atoms with E-state index in [1.165, 1.54) is 0 Å². The lowest BCUT2D eigenvalue weighted by molar-refractivity contribution is -0.736. The van der Waals surface area contributed by atoms with E-state index >= 15 is 0 Å². The van der Waals surface area contributed by atoms with Crippen molar-refractivity contribution in [2.24, 2.45) is 0 Å². The van der Waals surface area contributed by atoms with E-state index in [1.54, 1.807) is 7.11 Å². The molecule has 1 aliphatic rings. The molecule has 0 radical (unpaired) electrons. The maximum atomic E-state index is 5.48. The van der Waals surface area contributed by atoms with Crippen LogP contribution in [0.15, 0.2) is 22.4 Å². The van der Waals surface area contributed by atoms with Crippen LogP contribution in [-0.2, 0) is 14.3 Å². The summed E-state index contributed by atoms with van der Waals surface area (Å²) < 4.78 is 11.6. The summed E-state index contributed by atoms with van der Waals surface area (Å²) in [6.45, 7) is 4.26. The molecular formula is C14H19BrNO3+. The molecule has 0 aromatic rings. The van der Waals surface area contributed by atoms with E-state index in [-0.39, 0.29) is 6.29 Å². The van der Waals surface area contributed by atoms with Crippen molar-refractivity contribution < 1.29 is 19.5 Å². The van der Waals surface area contributed by atoms with E-state index in [0.717, 1.165) is 23.1 Å². The molecule has 0 aromatic heterocycles. The number of ether oxygens (including phenoxy) is 2. The van der Waals surface area contributed by atoms with Crippen LogP contribution in [0, 0.1) is 11.8 Å². The molecule has 1 N–H and O–H groups in total. The zero-order valence-electron chi connectivity index (χ0n) is 11.5. The number of methoxy groups -OCH3 is 1. The first-order valence-electron chi connectivity index (χ1n) is 6.14. The molecule has 1 aliphatic heterocycles. The van der Waals surface area contributed by atoms with E-state index in [9.17, 15) is 0 Å². The molecule has 0 fully saturated rings. The molecule has 1 heterocycles. The van der Waals surface area contributed by atoms with Crippen LogP contribution in [0.3, 0.4) is 0 Å². The molecule has 0 spiro atoms. The standard InChI is InChI=1S/C14H18BrNO3/c1-4-6-14(17-3)18-8-5-7-13-10-12(15)9-11(2)19-16-13/h9-10,14H,4,6,8H2,1-3H3/p+1. The van der Waals surface area contributed by atoms with E-state index < -0.39 is 0 Å². The van der Waals surface area contributed by atoms with Crippen molar-refractivity contribution in [1.82, 2.24) is 0 Å². The third kappa shape index (κ3) is 6.58. The van der Waals surface area contributed by atoms with Crippen LogP contribution in [-0.4, -0.2) is 25.7 Å². The molecule has 0 saturated carbocycles. The van der Waals surface area contributed by atoms with Crippen molar-refractivity contribution in [3.63, 3.8) is 0 Å². The number of rotatable bonds is 5. The highest BCUT2D eigenvalue weighted by Crippen LogP contribution is 2.10. The quantitative estimate of drug-likeness (QED) is 0.613. The molecular weight excluding hydrogens is 310 g/mol. The van der Waals surface area contributed by atoms with Gasteiger partial charge < -0.3 is 9.47 Å². The Bertz CT molecular complexity index is 443. The Labute approximate surface area is 122 Å². The minimum atomic E-state index is -0.186. The number of halogens is 1. The molecule has 19 heavy (non-hydrogen) atoms. The molecule has 1 rings (SSSR count). The molecule has 0 saturated heterocycles. The SMILES string of the molecule is CCCC(OC)OCC#CC1=[NH+]OC(C)=CC(Br)=C1. The zero-order valence-corrected chi connectivity index (χ0v) is 13.0. The first-order chi connectivity index (χ1) is 9.15. The van der Waals surface area contributed by atoms with E-state index in [2.05, 4.69) is 39.9 Å². The van der Waals surface area contributed by atoms with Gasteiger partial charge in [0.1, 0.15) is 6.61 Å². The summed E-state index contributed by atoms with van der Waals surface area (Å²) in [5, 5.41) is 2.77. The fraction of sp³-hybridized carbons (Fsp3) is 0.500. The Balaban J connectivity index is 2.48. The molecule has 104 valence electrons. The van der Waals surface area contributed by atoms with Crippen LogP contribution in [0.25, 0.3) is 0 Å². The highest BCUT2D eigenvalue weighted by atomic mass is 79.9. The van der Waals surface area contributed by atoms with Gasteiger partial charge in [-0.15, -0.1) is 0 Å². The lowest BCUT2D eigenvalue weighted by atomic mass is 10.3. The molecule has 0 aromatic carbocycles. The second-order valence-electron chi connectivity index (χ2n) is 3.97. The van der Waals surface area contributed by atoms with Gasteiger partial charge in [-0.3, -0.25) is 0 Å². The lowest BCUT2D eigenvalue weighted by Gasteiger charge is -2.12. The third-order valence-corrected chi connectivity index (χ3v) is 2.75. The minimum absolute atomic E-state index is 0.186. The zero-order chi connectivity index (χ0) is 14.1. The Hall–Kier alpha value is -1.09. The summed E-state index contributed by atoms with van der Waals surface area (Å²) in [5.41, 5.74) is 0.674. The molecule has 1 atom stereocenters. The highest BCUT2D eigenvalue weighted by molar-refractivity contribution is 9.11. The van der Waals surface area contributed by atoms with E-state index in [0.29, 0.717) is 12.3 Å². The average Bonchev–Trinajstić information content (AvgIpc) is 2.54. The number of hydrogen-bond donors (Lipinski definition) is 1. The van der Waals surface area contributed by atoms with Crippen molar-refractivity contribution in [2.45, 2.75) is 33.0 Å². The van der Waals surface area contributed by atoms with Gasteiger partial charge >= 0.3 is 0 Å². The van der Waals surface area contributed by atoms with Gasteiger partial charge in [0.05, 0.1) is 0 Å². The molecule has 1 unspecified atom stereocenters. The van der Waals surface area contributed by atoms with Crippen LogP contribution in [0.5, 0.6) is 0 Å². The van der Waals surface area contributed by atoms with Crippen LogP contribution in [0.4, 0.5) is 0 Å². The van der Waals surface area contributed by atoms with Crippen LogP contribution in [0.2, 0.25) is 0 Å². The summed E-state index contributed by atoms with van der Waals surface area (Å²) in [4.78, 5) is 5.25. The van der Waals surface area contributed by atoms with E-state index in [4.69, 9.17) is 14.3 Å². The fourth-order valence-electron chi connectivity index (χ4n) is 1.40. The first kappa shape index (κ1) is 16.0. The van der Waals surface area contributed by atoms with Gasteiger partial charge in [-0.1, -0.05) is 35.2 Å². The summed E-state index contributed by atoms with van der Waals surface area (Å²) in [5.74, 6) is 6.63. The molecule has 5 heteroatoms. The van der Waals surface area contributed by atoms with Crippen LogP contribution in [0.1, 0.15) is 26.7 Å². The Morgan fingerprint density at radius 2 is 2.26 bits per heavy atom. The summed E-state index contributed by atoms with van der Waals surface area (Å²) in [6.07, 6.45) is 5.40. The molecule has 4 nitrogen and oxygen atoms in total. The van der Waals surface area contributed by atoms with Crippen LogP contribution >= 0.6 is 15.9 Å². The molecule has 0 bridgehead atoms. The summed E-state index contributed by atoms with van der Waals surface area (Å²) in [6, 6.07) is 0. The molecule has 0 aliphatic carbocycles. The van der Waals surface area contributed by atoms with Crippen molar-refractivity contribution in [3.05, 3.63) is 22.4 Å². The lowest BCUT2D eigenvalue weighted by Crippen LogP contribution is -2.70. The van der Waals surface area contributed by atoms with Gasteiger partial charge in [-0.2, -0.15) is 0 Å². The Morgan fingerprint density at radius 1 is 1.47 bits per heavy atom. The summed E-state index contributed by atoms with van der Waals surface area (Å²) >= 11 is 3.41. The maximum Gasteiger partial charge on any atom is 0.300 e. The number of nitrogens with one attached hydrogen (secondary N) is 1. The summed E-state index contributed by atoms with van der Waals surface area (Å²) in [7, 11) is 1.64. The normalized spacial score (nSPS) is 16.1.